The van der Waals surface area contributed by atoms with Crippen LogP contribution in [0.3, 0.4) is 0 Å². The van der Waals surface area contributed by atoms with E-state index in [-0.39, 0.29) is 18.7 Å². The fourth-order valence-electron chi connectivity index (χ4n) is 4.52. The van der Waals surface area contributed by atoms with E-state index in [1.807, 2.05) is 12.1 Å². The van der Waals surface area contributed by atoms with E-state index < -0.39 is 55.8 Å². The molecule has 0 bridgehead atoms. The predicted molar refractivity (Wildman–Crippen MR) is 117 cm³/mol. The van der Waals surface area contributed by atoms with Crippen LogP contribution in [0.25, 0.3) is 0 Å². The van der Waals surface area contributed by atoms with Crippen LogP contribution in [0.1, 0.15) is 49.7 Å². The van der Waals surface area contributed by atoms with Gasteiger partial charge in [-0.15, -0.1) is 0 Å². The molecular formula is C24H25F4NO4S. The first-order valence-electron chi connectivity index (χ1n) is 11.0. The second-order valence-electron chi connectivity index (χ2n) is 8.97. The molecule has 2 aromatic rings. The molecular weight excluding hydrogens is 474 g/mol. The van der Waals surface area contributed by atoms with Gasteiger partial charge in [-0.05, 0) is 74.4 Å². The van der Waals surface area contributed by atoms with Crippen molar-refractivity contribution in [3.8, 4) is 5.75 Å². The number of carbonyl (C=O) groups excluding carboxylic acids is 1. The van der Waals surface area contributed by atoms with Gasteiger partial charge in [-0.2, -0.15) is 13.2 Å². The van der Waals surface area contributed by atoms with Crippen molar-refractivity contribution in [2.45, 2.75) is 66.1 Å². The lowest BCUT2D eigenvalue weighted by molar-refractivity contribution is -0.137. The average molecular weight is 500 g/mol. The molecule has 5 nitrogen and oxygen atoms in total. The van der Waals surface area contributed by atoms with E-state index in [4.69, 9.17) is 4.74 Å². The maximum atomic E-state index is 15.6. The monoisotopic (exact) mass is 499 g/mol. The van der Waals surface area contributed by atoms with Crippen LogP contribution in [-0.2, 0) is 26.2 Å². The van der Waals surface area contributed by atoms with Gasteiger partial charge < -0.3 is 10.1 Å². The highest BCUT2D eigenvalue weighted by molar-refractivity contribution is 7.92. The van der Waals surface area contributed by atoms with E-state index >= 15 is 4.39 Å². The van der Waals surface area contributed by atoms with Crippen molar-refractivity contribution < 1.29 is 35.5 Å². The Kier molecular flexibility index (Phi) is 6.16. The van der Waals surface area contributed by atoms with E-state index in [0.717, 1.165) is 23.8 Å². The summed E-state index contributed by atoms with van der Waals surface area (Å²) < 4.78 is 85.5. The highest BCUT2D eigenvalue weighted by Gasteiger charge is 2.53. The molecule has 4 rings (SSSR count). The van der Waals surface area contributed by atoms with Crippen molar-refractivity contribution in [3.63, 3.8) is 0 Å². The van der Waals surface area contributed by atoms with Gasteiger partial charge in [0.05, 0.1) is 23.0 Å². The number of benzene rings is 2. The second-order valence-corrected chi connectivity index (χ2v) is 11.2. The van der Waals surface area contributed by atoms with Gasteiger partial charge in [0.1, 0.15) is 5.75 Å². The molecule has 2 fully saturated rings. The van der Waals surface area contributed by atoms with Crippen molar-refractivity contribution in [1.29, 1.82) is 0 Å². The number of hydrogen-bond acceptors (Lipinski definition) is 4. The van der Waals surface area contributed by atoms with Crippen molar-refractivity contribution in [3.05, 3.63) is 59.7 Å². The van der Waals surface area contributed by atoms with E-state index in [1.165, 1.54) is 0 Å². The summed E-state index contributed by atoms with van der Waals surface area (Å²) in [6.07, 6.45) is -4.07. The molecule has 0 heterocycles. The zero-order valence-corrected chi connectivity index (χ0v) is 19.3. The number of methoxy groups -OCH3 is 1. The molecule has 0 unspecified atom stereocenters. The van der Waals surface area contributed by atoms with E-state index in [9.17, 15) is 26.4 Å². The standard InChI is InChI=1S/C24H25F4NO4S/c1-33-19-7-5-16(6-8-19)22(13-14-22)21(30)29-18-9-11-23(25,12-10-18)34(31,32)20-4-2-3-17(15-20)24(26,27)28/h2-8,15,18H,9-14H2,1H3,(H,29,30)/t18-,23-. The highest BCUT2D eigenvalue weighted by Crippen LogP contribution is 2.49. The van der Waals surface area contributed by atoms with Gasteiger partial charge in [0.15, 0.2) is 0 Å². The minimum Gasteiger partial charge on any atom is -0.497 e. The Morgan fingerprint density at radius 2 is 1.65 bits per heavy atom. The van der Waals surface area contributed by atoms with Crippen LogP contribution in [0.5, 0.6) is 5.75 Å². The SMILES string of the molecule is COc1ccc(C2(C(=O)N[C@H]3CC[C@](F)(S(=O)(=O)c4cccc(C(F)(F)F)c4)CC3)CC2)cc1. The van der Waals surface area contributed by atoms with E-state index in [0.29, 0.717) is 24.7 Å². The predicted octanol–water partition coefficient (Wildman–Crippen LogP) is 4.94. The van der Waals surface area contributed by atoms with Gasteiger partial charge in [-0.25, -0.2) is 12.8 Å². The molecule has 0 radical (unpaired) electrons. The summed E-state index contributed by atoms with van der Waals surface area (Å²) in [5.41, 5.74) is -0.944. The molecule has 10 heteroatoms. The summed E-state index contributed by atoms with van der Waals surface area (Å²) in [6, 6.07) is 9.96. The largest absolute Gasteiger partial charge is 0.497 e. The van der Waals surface area contributed by atoms with Gasteiger partial charge in [-0.1, -0.05) is 18.2 Å². The molecule has 0 saturated heterocycles. The van der Waals surface area contributed by atoms with Crippen LogP contribution in [0.4, 0.5) is 17.6 Å². The number of carbonyl (C=O) groups is 1. The zero-order chi connectivity index (χ0) is 24.8. The van der Waals surface area contributed by atoms with E-state index in [2.05, 4.69) is 5.32 Å². The molecule has 0 atom stereocenters. The Morgan fingerprint density at radius 3 is 2.18 bits per heavy atom. The molecule has 34 heavy (non-hydrogen) atoms. The maximum absolute atomic E-state index is 15.6. The van der Waals surface area contributed by atoms with Crippen molar-refractivity contribution in [1.82, 2.24) is 5.32 Å². The van der Waals surface area contributed by atoms with Crippen LogP contribution < -0.4 is 10.1 Å². The number of ether oxygens (including phenoxy) is 1. The minimum atomic E-state index is -4.74. The third-order valence-electron chi connectivity index (χ3n) is 6.85. The molecule has 1 N–H and O–H groups in total. The van der Waals surface area contributed by atoms with Crippen molar-refractivity contribution >= 4 is 15.7 Å². The lowest BCUT2D eigenvalue weighted by Crippen LogP contribution is -2.47. The molecule has 0 aromatic heterocycles. The third kappa shape index (κ3) is 4.39. The quantitative estimate of drug-likeness (QED) is 0.572. The lowest BCUT2D eigenvalue weighted by Gasteiger charge is -2.34. The number of rotatable bonds is 6. The number of amides is 1. The molecule has 0 spiro atoms. The highest BCUT2D eigenvalue weighted by atomic mass is 32.2. The fraction of sp³-hybridized carbons (Fsp3) is 0.458. The molecule has 184 valence electrons. The summed E-state index contributed by atoms with van der Waals surface area (Å²) in [7, 11) is -3.10. The van der Waals surface area contributed by atoms with Crippen LogP contribution >= 0.6 is 0 Å². The second kappa shape index (κ2) is 8.55. The van der Waals surface area contributed by atoms with Crippen LogP contribution in [-0.4, -0.2) is 32.5 Å². The van der Waals surface area contributed by atoms with Gasteiger partial charge in [0.2, 0.25) is 20.7 Å². The van der Waals surface area contributed by atoms with Crippen molar-refractivity contribution in [2.75, 3.05) is 7.11 Å². The summed E-state index contributed by atoms with van der Waals surface area (Å²) >= 11 is 0. The Morgan fingerprint density at radius 1 is 1.03 bits per heavy atom. The normalized spacial score (nSPS) is 24.3. The summed E-state index contributed by atoms with van der Waals surface area (Å²) in [5.74, 6) is 0.489. The lowest BCUT2D eigenvalue weighted by atomic mass is 9.90. The van der Waals surface area contributed by atoms with Gasteiger partial charge in [0, 0.05) is 6.04 Å². The number of halogens is 4. The molecule has 1 amide bonds. The first kappa shape index (κ1) is 24.5. The first-order valence-corrected chi connectivity index (χ1v) is 12.5. The van der Waals surface area contributed by atoms with Crippen LogP contribution in [0.2, 0.25) is 0 Å². The third-order valence-corrected chi connectivity index (χ3v) is 9.09. The molecule has 2 aliphatic rings. The molecule has 2 aliphatic carbocycles. The Balaban J connectivity index is 1.43. The number of sulfone groups is 1. The van der Waals surface area contributed by atoms with Gasteiger partial charge >= 0.3 is 6.18 Å². The topological polar surface area (TPSA) is 72.5 Å². The fourth-order valence-corrected chi connectivity index (χ4v) is 6.25. The molecule has 2 saturated carbocycles. The van der Waals surface area contributed by atoms with Gasteiger partial charge in [-0.3, -0.25) is 4.79 Å². The first-order chi connectivity index (χ1) is 15.9. The van der Waals surface area contributed by atoms with Crippen LogP contribution in [0.15, 0.2) is 53.4 Å². The Hall–Kier alpha value is -2.62. The smallest absolute Gasteiger partial charge is 0.416 e. The maximum Gasteiger partial charge on any atom is 0.416 e. The van der Waals surface area contributed by atoms with Crippen molar-refractivity contribution in [2.24, 2.45) is 0 Å². The summed E-state index contributed by atoms with van der Waals surface area (Å²) in [4.78, 5) is 12.3. The molecule has 0 aliphatic heterocycles. The Labute approximate surface area is 195 Å². The van der Waals surface area contributed by atoms with E-state index in [1.54, 1.807) is 19.2 Å². The van der Waals surface area contributed by atoms with Crippen LogP contribution in [0, 0.1) is 0 Å². The van der Waals surface area contributed by atoms with Gasteiger partial charge in [0.25, 0.3) is 0 Å². The number of alkyl halides is 4. The molecule has 2 aromatic carbocycles. The Bertz CT molecular complexity index is 1170. The summed E-state index contributed by atoms with van der Waals surface area (Å²) in [5, 5.41) is 0.237. The summed E-state index contributed by atoms with van der Waals surface area (Å²) in [6.45, 7) is 0. The number of hydrogen-bond donors (Lipinski definition) is 1. The zero-order valence-electron chi connectivity index (χ0n) is 18.5. The number of nitrogens with one attached hydrogen (secondary N) is 1. The average Bonchev–Trinajstić information content (AvgIpc) is 3.62. The minimum absolute atomic E-state index is 0.0686.